The monoisotopic (exact) mass is 401 g/mol. The molecule has 156 valence electrons. The van der Waals surface area contributed by atoms with E-state index in [1.165, 1.54) is 16.7 Å². The molecule has 0 saturated heterocycles. The first-order valence-electron chi connectivity index (χ1n) is 10.4. The molecule has 2 amide bonds. The predicted octanol–water partition coefficient (Wildman–Crippen LogP) is 6.19. The molecule has 2 aromatic carbocycles. The molecule has 1 aromatic heterocycles. The van der Waals surface area contributed by atoms with Gasteiger partial charge in [0.2, 0.25) is 0 Å². The predicted molar refractivity (Wildman–Crippen MR) is 125 cm³/mol. The number of aryl methyl sites for hydroxylation is 1. The number of anilines is 1. The van der Waals surface area contributed by atoms with Gasteiger partial charge in [-0.25, -0.2) is 4.79 Å². The number of benzene rings is 2. The van der Waals surface area contributed by atoms with Gasteiger partial charge in [-0.05, 0) is 48.2 Å². The maximum absolute atomic E-state index is 12.9. The van der Waals surface area contributed by atoms with Crippen LogP contribution in [0.3, 0.4) is 0 Å². The van der Waals surface area contributed by atoms with Crippen LogP contribution in [0.5, 0.6) is 0 Å². The van der Waals surface area contributed by atoms with Crippen LogP contribution in [-0.2, 0) is 13.1 Å². The first kappa shape index (κ1) is 21.4. The number of carbonyl (C=O) groups excluding carboxylic acids is 1. The second kappa shape index (κ2) is 9.97. The van der Waals surface area contributed by atoms with Crippen molar-refractivity contribution in [2.45, 2.75) is 39.8 Å². The smallest absolute Gasteiger partial charge is 0.322 e. The van der Waals surface area contributed by atoms with Crippen LogP contribution in [0.1, 0.15) is 42.1 Å². The summed E-state index contributed by atoms with van der Waals surface area (Å²) in [5, 5.41) is 3.01. The Bertz CT molecular complexity index is 986. The first-order chi connectivity index (χ1) is 14.5. The van der Waals surface area contributed by atoms with E-state index in [-0.39, 0.29) is 6.03 Å². The number of urea groups is 1. The van der Waals surface area contributed by atoms with Gasteiger partial charge >= 0.3 is 6.03 Å². The minimum atomic E-state index is -0.129. The quantitative estimate of drug-likeness (QED) is 0.449. The molecule has 1 heterocycles. The fraction of sp³-hybridized carbons (Fsp3) is 0.269. The lowest BCUT2D eigenvalue weighted by atomic mass is 10.0. The zero-order chi connectivity index (χ0) is 21.5. The molecule has 0 radical (unpaired) electrons. The van der Waals surface area contributed by atoms with Crippen LogP contribution in [-0.4, -0.2) is 22.0 Å². The van der Waals surface area contributed by atoms with E-state index in [1.54, 1.807) is 11.0 Å². The Morgan fingerprint density at radius 2 is 1.90 bits per heavy atom. The van der Waals surface area contributed by atoms with Gasteiger partial charge in [0, 0.05) is 30.7 Å². The first-order valence-corrected chi connectivity index (χ1v) is 10.4. The van der Waals surface area contributed by atoms with Gasteiger partial charge in [0.25, 0.3) is 0 Å². The standard InChI is InChI=1S/C26H31N3O/c1-5-15-29(26(30)27-24-13-11-23(12-14-24)20(2)3)19-25-10-7-16-28(25)18-22-9-6-8-21(4)17-22/h5-14,16-17,20H,1,15,18-19H2,2-4H3,(H,27,30). The largest absolute Gasteiger partial charge is 0.345 e. The Kier molecular flexibility index (Phi) is 7.12. The van der Waals surface area contributed by atoms with Crippen LogP contribution in [0, 0.1) is 6.92 Å². The van der Waals surface area contributed by atoms with Crippen LogP contribution in [0.25, 0.3) is 0 Å². The number of amides is 2. The molecule has 3 rings (SSSR count). The summed E-state index contributed by atoms with van der Waals surface area (Å²) >= 11 is 0. The van der Waals surface area contributed by atoms with Gasteiger partial charge in [-0.2, -0.15) is 0 Å². The van der Waals surface area contributed by atoms with Crippen LogP contribution in [0.4, 0.5) is 10.5 Å². The third-order valence-electron chi connectivity index (χ3n) is 5.18. The molecule has 0 unspecified atom stereocenters. The summed E-state index contributed by atoms with van der Waals surface area (Å²) in [6.07, 6.45) is 3.82. The van der Waals surface area contributed by atoms with Gasteiger partial charge in [0.15, 0.2) is 0 Å². The van der Waals surface area contributed by atoms with E-state index in [2.05, 4.69) is 85.9 Å². The molecule has 0 spiro atoms. The lowest BCUT2D eigenvalue weighted by molar-refractivity contribution is 0.214. The summed E-state index contributed by atoms with van der Waals surface area (Å²) in [7, 11) is 0. The van der Waals surface area contributed by atoms with E-state index in [0.717, 1.165) is 17.9 Å². The van der Waals surface area contributed by atoms with Crippen molar-refractivity contribution in [1.82, 2.24) is 9.47 Å². The third kappa shape index (κ3) is 5.63. The third-order valence-corrected chi connectivity index (χ3v) is 5.18. The maximum Gasteiger partial charge on any atom is 0.322 e. The average molecular weight is 402 g/mol. The Morgan fingerprint density at radius 1 is 1.13 bits per heavy atom. The van der Waals surface area contributed by atoms with Gasteiger partial charge in [0.05, 0.1) is 6.54 Å². The fourth-order valence-corrected chi connectivity index (χ4v) is 3.48. The normalized spacial score (nSPS) is 10.8. The second-order valence-electron chi connectivity index (χ2n) is 7.99. The molecule has 0 aliphatic carbocycles. The number of rotatable bonds is 8. The summed E-state index contributed by atoms with van der Waals surface area (Å²) in [4.78, 5) is 14.7. The SMILES string of the molecule is C=CCN(Cc1cccn1Cc1cccc(C)c1)C(=O)Nc1ccc(C(C)C)cc1. The summed E-state index contributed by atoms with van der Waals surface area (Å²) in [6, 6.07) is 20.5. The van der Waals surface area contributed by atoms with Crippen LogP contribution in [0.15, 0.2) is 79.5 Å². The Morgan fingerprint density at radius 3 is 2.57 bits per heavy atom. The van der Waals surface area contributed by atoms with Gasteiger partial charge in [-0.1, -0.05) is 61.9 Å². The Hall–Kier alpha value is -3.27. The van der Waals surface area contributed by atoms with Crippen molar-refractivity contribution in [3.8, 4) is 0 Å². The number of nitrogens with zero attached hydrogens (tertiary/aromatic N) is 2. The molecule has 0 bridgehead atoms. The topological polar surface area (TPSA) is 37.3 Å². The van der Waals surface area contributed by atoms with Gasteiger partial charge < -0.3 is 14.8 Å². The zero-order valence-electron chi connectivity index (χ0n) is 18.1. The van der Waals surface area contributed by atoms with Crippen LogP contribution < -0.4 is 5.32 Å². The lowest BCUT2D eigenvalue weighted by Gasteiger charge is -2.23. The summed E-state index contributed by atoms with van der Waals surface area (Å²) in [6.45, 7) is 12.0. The van der Waals surface area contributed by atoms with Gasteiger partial charge in [-0.3, -0.25) is 0 Å². The van der Waals surface area contributed by atoms with E-state index in [1.807, 2.05) is 18.2 Å². The highest BCUT2D eigenvalue weighted by Crippen LogP contribution is 2.18. The molecular weight excluding hydrogens is 370 g/mol. The van der Waals surface area contributed by atoms with E-state index in [0.29, 0.717) is 19.0 Å². The van der Waals surface area contributed by atoms with E-state index in [4.69, 9.17) is 0 Å². The van der Waals surface area contributed by atoms with Crippen molar-refractivity contribution in [3.05, 3.63) is 102 Å². The van der Waals surface area contributed by atoms with Crippen molar-refractivity contribution in [2.75, 3.05) is 11.9 Å². The number of aromatic nitrogens is 1. The summed E-state index contributed by atoms with van der Waals surface area (Å²) < 4.78 is 2.19. The summed E-state index contributed by atoms with van der Waals surface area (Å²) in [5.74, 6) is 0.466. The molecule has 0 aliphatic heterocycles. The van der Waals surface area contributed by atoms with Crippen molar-refractivity contribution in [2.24, 2.45) is 0 Å². The van der Waals surface area contributed by atoms with E-state index < -0.39 is 0 Å². The van der Waals surface area contributed by atoms with Crippen molar-refractivity contribution >= 4 is 11.7 Å². The molecule has 4 heteroatoms. The second-order valence-corrected chi connectivity index (χ2v) is 7.99. The minimum absolute atomic E-state index is 0.129. The van der Waals surface area contributed by atoms with Gasteiger partial charge in [-0.15, -0.1) is 6.58 Å². The molecule has 0 aliphatic rings. The van der Waals surface area contributed by atoms with Crippen molar-refractivity contribution in [3.63, 3.8) is 0 Å². The van der Waals surface area contributed by atoms with Crippen molar-refractivity contribution in [1.29, 1.82) is 0 Å². The molecule has 4 nitrogen and oxygen atoms in total. The lowest BCUT2D eigenvalue weighted by Crippen LogP contribution is -2.35. The van der Waals surface area contributed by atoms with Crippen LogP contribution in [0.2, 0.25) is 0 Å². The molecule has 1 N–H and O–H groups in total. The average Bonchev–Trinajstić information content (AvgIpc) is 3.14. The summed E-state index contributed by atoms with van der Waals surface area (Å²) in [5.41, 5.74) is 5.64. The molecular formula is C26H31N3O. The Labute approximate surface area is 179 Å². The highest BCUT2D eigenvalue weighted by molar-refractivity contribution is 5.89. The van der Waals surface area contributed by atoms with Gasteiger partial charge in [0.1, 0.15) is 0 Å². The van der Waals surface area contributed by atoms with E-state index >= 15 is 0 Å². The highest BCUT2D eigenvalue weighted by atomic mass is 16.2. The number of hydrogen-bond donors (Lipinski definition) is 1. The van der Waals surface area contributed by atoms with Crippen LogP contribution >= 0.6 is 0 Å². The molecule has 30 heavy (non-hydrogen) atoms. The number of hydrogen-bond acceptors (Lipinski definition) is 1. The molecule has 3 aromatic rings. The van der Waals surface area contributed by atoms with E-state index in [9.17, 15) is 4.79 Å². The molecule has 0 fully saturated rings. The maximum atomic E-state index is 12.9. The van der Waals surface area contributed by atoms with Crippen molar-refractivity contribution < 1.29 is 4.79 Å². The minimum Gasteiger partial charge on any atom is -0.345 e. The fourth-order valence-electron chi connectivity index (χ4n) is 3.48. The highest BCUT2D eigenvalue weighted by Gasteiger charge is 2.15. The molecule has 0 atom stereocenters. The zero-order valence-corrected chi connectivity index (χ0v) is 18.1. The Balaban J connectivity index is 1.70. The molecule has 0 saturated carbocycles. The number of carbonyl (C=O) groups is 1. The number of nitrogens with one attached hydrogen (secondary N) is 1.